The summed E-state index contributed by atoms with van der Waals surface area (Å²) in [5, 5.41) is 14.6. The van der Waals surface area contributed by atoms with Crippen LogP contribution in [0.3, 0.4) is 0 Å². The highest BCUT2D eigenvalue weighted by molar-refractivity contribution is 7.98. The summed E-state index contributed by atoms with van der Waals surface area (Å²) in [5.74, 6) is -0.979. The third-order valence-electron chi connectivity index (χ3n) is 6.10. The fourth-order valence-electron chi connectivity index (χ4n) is 4.19. The Labute approximate surface area is 204 Å². The fourth-order valence-corrected chi connectivity index (χ4v) is 4.66. The average molecular weight is 485 g/mol. The molecule has 0 fully saturated rings. The van der Waals surface area contributed by atoms with Gasteiger partial charge in [-0.25, -0.2) is 9.59 Å². The predicted molar refractivity (Wildman–Crippen MR) is 134 cm³/mol. The second-order valence-corrected chi connectivity index (χ2v) is 9.46. The van der Waals surface area contributed by atoms with Crippen LogP contribution in [0.2, 0.25) is 0 Å². The van der Waals surface area contributed by atoms with E-state index in [1.807, 2.05) is 30.5 Å². The van der Waals surface area contributed by atoms with E-state index in [0.717, 1.165) is 11.1 Å². The SMILES string of the molecule is CSCC[C@@H](NC(=O)C(C)CCCNC(=O)OCC1c2ccccc2-c2ccccc21)C(=O)O. The Morgan fingerprint density at radius 3 is 2.24 bits per heavy atom. The van der Waals surface area contributed by atoms with Crippen molar-refractivity contribution in [2.24, 2.45) is 5.92 Å². The van der Waals surface area contributed by atoms with Crippen LogP contribution in [-0.2, 0) is 14.3 Å². The standard InChI is InChI=1S/C26H32N2O5S/c1-17(24(29)28-23(25(30)31)13-15-34-2)8-7-14-27-26(32)33-16-22-20-11-5-3-9-18(20)19-10-4-6-12-21(19)22/h3-6,9-12,17,22-23H,7-8,13-16H2,1-2H3,(H,27,32)(H,28,29)(H,30,31)/t17?,23-/m1/s1. The van der Waals surface area contributed by atoms with Crippen LogP contribution < -0.4 is 10.6 Å². The summed E-state index contributed by atoms with van der Waals surface area (Å²) in [5.41, 5.74) is 4.68. The van der Waals surface area contributed by atoms with Crippen molar-refractivity contribution in [2.45, 2.75) is 38.1 Å². The summed E-state index contributed by atoms with van der Waals surface area (Å²) in [4.78, 5) is 35.9. The highest BCUT2D eigenvalue weighted by Gasteiger charge is 2.29. The van der Waals surface area contributed by atoms with Crippen LogP contribution in [0.1, 0.15) is 43.2 Å². The maximum Gasteiger partial charge on any atom is 0.407 e. The Balaban J connectivity index is 1.40. The van der Waals surface area contributed by atoms with Crippen molar-refractivity contribution in [1.29, 1.82) is 0 Å². The maximum atomic E-state index is 12.3. The zero-order valence-electron chi connectivity index (χ0n) is 19.6. The Morgan fingerprint density at radius 2 is 1.65 bits per heavy atom. The molecule has 0 saturated carbocycles. The first-order valence-corrected chi connectivity index (χ1v) is 12.9. The summed E-state index contributed by atoms with van der Waals surface area (Å²) >= 11 is 1.54. The van der Waals surface area contributed by atoms with E-state index in [2.05, 4.69) is 34.9 Å². The van der Waals surface area contributed by atoms with E-state index in [0.29, 0.717) is 31.6 Å². The average Bonchev–Trinajstić information content (AvgIpc) is 3.16. The first kappa shape index (κ1) is 25.6. The molecule has 2 atom stereocenters. The summed E-state index contributed by atoms with van der Waals surface area (Å²) in [6.45, 7) is 2.39. The van der Waals surface area contributed by atoms with Gasteiger partial charge in [-0.15, -0.1) is 0 Å². The van der Waals surface area contributed by atoms with Crippen LogP contribution in [-0.4, -0.2) is 54.3 Å². The normalized spacial score (nSPS) is 13.9. The molecule has 0 saturated heterocycles. The number of ether oxygens (including phenoxy) is 1. The number of fused-ring (bicyclic) bond motifs is 3. The highest BCUT2D eigenvalue weighted by Crippen LogP contribution is 2.44. The largest absolute Gasteiger partial charge is 0.480 e. The topological polar surface area (TPSA) is 105 Å². The molecular formula is C26H32N2O5S. The number of benzene rings is 2. The third kappa shape index (κ3) is 6.53. The molecule has 0 bridgehead atoms. The summed E-state index contributed by atoms with van der Waals surface area (Å²) in [6.07, 6.45) is 2.92. The number of amides is 2. The monoisotopic (exact) mass is 484 g/mol. The number of carbonyl (C=O) groups is 3. The van der Waals surface area contributed by atoms with E-state index in [1.165, 1.54) is 11.1 Å². The van der Waals surface area contributed by atoms with Crippen LogP contribution >= 0.6 is 11.8 Å². The number of aliphatic carboxylic acids is 1. The van der Waals surface area contributed by atoms with Gasteiger partial charge in [0.05, 0.1) is 0 Å². The molecule has 7 nitrogen and oxygen atoms in total. The molecule has 2 aromatic carbocycles. The number of carbonyl (C=O) groups excluding carboxylic acids is 2. The van der Waals surface area contributed by atoms with Gasteiger partial charge in [-0.3, -0.25) is 4.79 Å². The Morgan fingerprint density at radius 1 is 1.03 bits per heavy atom. The molecule has 34 heavy (non-hydrogen) atoms. The van der Waals surface area contributed by atoms with Crippen molar-refractivity contribution >= 4 is 29.7 Å². The van der Waals surface area contributed by atoms with Crippen LogP contribution in [0, 0.1) is 5.92 Å². The van der Waals surface area contributed by atoms with Gasteiger partial charge in [0.1, 0.15) is 12.6 Å². The molecule has 0 spiro atoms. The molecule has 3 rings (SSSR count). The minimum atomic E-state index is -1.02. The lowest BCUT2D eigenvalue weighted by Crippen LogP contribution is -2.43. The highest BCUT2D eigenvalue weighted by atomic mass is 32.2. The lowest BCUT2D eigenvalue weighted by Gasteiger charge is -2.18. The lowest BCUT2D eigenvalue weighted by atomic mass is 9.98. The minimum Gasteiger partial charge on any atom is -0.480 e. The van der Waals surface area contributed by atoms with E-state index in [9.17, 15) is 19.5 Å². The molecule has 1 aliphatic rings. The van der Waals surface area contributed by atoms with Gasteiger partial charge < -0.3 is 20.5 Å². The van der Waals surface area contributed by atoms with Crippen molar-refractivity contribution in [1.82, 2.24) is 10.6 Å². The molecule has 1 aliphatic carbocycles. The van der Waals surface area contributed by atoms with Crippen molar-refractivity contribution in [3.8, 4) is 11.1 Å². The maximum absolute atomic E-state index is 12.3. The Bertz CT molecular complexity index is 967. The first-order valence-electron chi connectivity index (χ1n) is 11.5. The molecule has 2 amide bonds. The summed E-state index contributed by atoms with van der Waals surface area (Å²) < 4.78 is 5.51. The van der Waals surface area contributed by atoms with Gasteiger partial charge in [0.2, 0.25) is 5.91 Å². The van der Waals surface area contributed by atoms with Gasteiger partial charge in [-0.05, 0) is 53.5 Å². The molecule has 2 aromatic rings. The number of rotatable bonds is 12. The van der Waals surface area contributed by atoms with Crippen LogP contribution in [0.15, 0.2) is 48.5 Å². The smallest absolute Gasteiger partial charge is 0.407 e. The van der Waals surface area contributed by atoms with Gasteiger partial charge in [0.15, 0.2) is 0 Å². The van der Waals surface area contributed by atoms with Gasteiger partial charge in [-0.2, -0.15) is 11.8 Å². The molecule has 1 unspecified atom stereocenters. The molecule has 0 aromatic heterocycles. The van der Waals surface area contributed by atoms with Crippen LogP contribution in [0.4, 0.5) is 4.79 Å². The first-order chi connectivity index (χ1) is 16.4. The minimum absolute atomic E-state index is 0.00940. The molecule has 8 heteroatoms. The molecule has 3 N–H and O–H groups in total. The predicted octanol–water partition coefficient (Wildman–Crippen LogP) is 4.26. The summed E-state index contributed by atoms with van der Waals surface area (Å²) in [7, 11) is 0. The zero-order valence-corrected chi connectivity index (χ0v) is 20.4. The molecule has 0 heterocycles. The van der Waals surface area contributed by atoms with E-state index in [-0.39, 0.29) is 24.3 Å². The van der Waals surface area contributed by atoms with Gasteiger partial charge in [0, 0.05) is 18.4 Å². The second-order valence-electron chi connectivity index (χ2n) is 8.48. The van der Waals surface area contributed by atoms with E-state index < -0.39 is 18.1 Å². The van der Waals surface area contributed by atoms with Gasteiger partial charge in [0.25, 0.3) is 0 Å². The number of hydrogen-bond donors (Lipinski definition) is 3. The Hall–Kier alpha value is -3.00. The van der Waals surface area contributed by atoms with Crippen molar-refractivity contribution in [3.05, 3.63) is 59.7 Å². The van der Waals surface area contributed by atoms with Gasteiger partial charge >= 0.3 is 12.1 Å². The fraction of sp³-hybridized carbons (Fsp3) is 0.423. The number of thioether (sulfide) groups is 1. The van der Waals surface area contributed by atoms with Gasteiger partial charge in [-0.1, -0.05) is 55.5 Å². The van der Waals surface area contributed by atoms with Crippen molar-refractivity contribution in [2.75, 3.05) is 25.2 Å². The quantitative estimate of drug-likeness (QED) is 0.389. The number of alkyl carbamates (subject to hydrolysis) is 1. The van der Waals surface area contributed by atoms with E-state index >= 15 is 0 Å². The van der Waals surface area contributed by atoms with Crippen molar-refractivity contribution in [3.63, 3.8) is 0 Å². The van der Waals surface area contributed by atoms with Crippen molar-refractivity contribution < 1.29 is 24.2 Å². The number of carboxylic acid groups (broad SMARTS) is 1. The van der Waals surface area contributed by atoms with Crippen LogP contribution in [0.25, 0.3) is 11.1 Å². The second kappa shape index (κ2) is 12.5. The molecule has 0 aliphatic heterocycles. The number of nitrogens with one attached hydrogen (secondary N) is 2. The Kier molecular flexibility index (Phi) is 9.39. The number of hydrogen-bond acceptors (Lipinski definition) is 5. The summed E-state index contributed by atoms with van der Waals surface area (Å²) in [6, 6.07) is 15.5. The van der Waals surface area contributed by atoms with E-state index in [1.54, 1.807) is 18.7 Å². The third-order valence-corrected chi connectivity index (χ3v) is 6.74. The molecule has 182 valence electrons. The molecule has 0 radical (unpaired) electrons. The van der Waals surface area contributed by atoms with E-state index in [4.69, 9.17) is 4.74 Å². The zero-order chi connectivity index (χ0) is 24.5. The number of carboxylic acids is 1. The van der Waals surface area contributed by atoms with Crippen LogP contribution in [0.5, 0.6) is 0 Å². The molecular weight excluding hydrogens is 452 g/mol. The lowest BCUT2D eigenvalue weighted by molar-refractivity contribution is -0.142.